The summed E-state index contributed by atoms with van der Waals surface area (Å²) in [5.41, 5.74) is 8.31. The highest BCUT2D eigenvalue weighted by atomic mass is 28.3. The SMILES string of the molecule is COC(=O)c1cnc(-c2ccc([Si](C)(C)C)cc2)cc1N. The summed E-state index contributed by atoms with van der Waals surface area (Å²) in [6.45, 7) is 6.93. The molecule has 0 saturated carbocycles. The third-order valence-electron chi connectivity index (χ3n) is 3.39. The van der Waals surface area contributed by atoms with Gasteiger partial charge in [0.2, 0.25) is 0 Å². The van der Waals surface area contributed by atoms with Crippen LogP contribution >= 0.6 is 0 Å². The van der Waals surface area contributed by atoms with Crippen LogP contribution in [0.4, 0.5) is 5.69 Å². The third kappa shape index (κ3) is 3.31. The van der Waals surface area contributed by atoms with Crippen LogP contribution in [0, 0.1) is 0 Å². The number of esters is 1. The number of pyridine rings is 1. The van der Waals surface area contributed by atoms with E-state index < -0.39 is 14.0 Å². The number of methoxy groups -OCH3 is 1. The van der Waals surface area contributed by atoms with Crippen molar-refractivity contribution in [1.82, 2.24) is 4.98 Å². The lowest BCUT2D eigenvalue weighted by molar-refractivity contribution is 0.0601. The summed E-state index contributed by atoms with van der Waals surface area (Å²) >= 11 is 0. The predicted octanol–water partition coefficient (Wildman–Crippen LogP) is 2.66. The van der Waals surface area contributed by atoms with E-state index in [9.17, 15) is 4.79 Å². The standard InChI is InChI=1S/C16H20N2O2Si/c1-20-16(19)13-10-18-15(9-14(13)17)11-5-7-12(8-6-11)21(2,3)4/h5-10H,1-4H3,(H2,17,18). The van der Waals surface area contributed by atoms with Crippen molar-refractivity contribution in [2.24, 2.45) is 0 Å². The van der Waals surface area contributed by atoms with Crippen LogP contribution in [-0.2, 0) is 4.74 Å². The summed E-state index contributed by atoms with van der Waals surface area (Å²) in [4.78, 5) is 15.8. The number of benzene rings is 1. The van der Waals surface area contributed by atoms with Gasteiger partial charge < -0.3 is 10.5 Å². The quantitative estimate of drug-likeness (QED) is 0.699. The van der Waals surface area contributed by atoms with Crippen molar-refractivity contribution < 1.29 is 9.53 Å². The van der Waals surface area contributed by atoms with Crippen molar-refractivity contribution in [2.75, 3.05) is 12.8 Å². The van der Waals surface area contributed by atoms with Gasteiger partial charge in [0.05, 0.1) is 20.9 Å². The number of anilines is 1. The van der Waals surface area contributed by atoms with E-state index in [0.717, 1.165) is 11.3 Å². The maximum Gasteiger partial charge on any atom is 0.341 e. The lowest BCUT2D eigenvalue weighted by Gasteiger charge is -2.16. The predicted molar refractivity (Wildman–Crippen MR) is 88.4 cm³/mol. The van der Waals surface area contributed by atoms with Gasteiger partial charge in [0.1, 0.15) is 5.56 Å². The molecule has 0 fully saturated rings. The topological polar surface area (TPSA) is 65.2 Å². The molecule has 21 heavy (non-hydrogen) atoms. The number of nitrogens with two attached hydrogens (primary N) is 1. The Hall–Kier alpha value is -2.14. The maximum absolute atomic E-state index is 11.5. The molecule has 0 aliphatic rings. The second kappa shape index (κ2) is 5.69. The number of rotatable bonds is 3. The van der Waals surface area contributed by atoms with Crippen LogP contribution in [0.2, 0.25) is 19.6 Å². The molecule has 0 radical (unpaired) electrons. The van der Waals surface area contributed by atoms with Gasteiger partial charge in [-0.2, -0.15) is 0 Å². The fraction of sp³-hybridized carbons (Fsp3) is 0.250. The van der Waals surface area contributed by atoms with Crippen molar-refractivity contribution >= 4 is 24.9 Å². The van der Waals surface area contributed by atoms with Gasteiger partial charge in [-0.05, 0) is 6.07 Å². The Morgan fingerprint density at radius 2 is 1.81 bits per heavy atom. The molecule has 0 unspecified atom stereocenters. The van der Waals surface area contributed by atoms with Gasteiger partial charge in [-0.1, -0.05) is 49.1 Å². The highest BCUT2D eigenvalue weighted by Gasteiger charge is 2.16. The Labute approximate surface area is 126 Å². The molecule has 2 rings (SSSR count). The fourth-order valence-corrected chi connectivity index (χ4v) is 3.22. The largest absolute Gasteiger partial charge is 0.465 e. The first-order valence-electron chi connectivity index (χ1n) is 6.77. The number of hydrogen-bond donors (Lipinski definition) is 1. The Morgan fingerprint density at radius 3 is 2.29 bits per heavy atom. The monoisotopic (exact) mass is 300 g/mol. The van der Waals surface area contributed by atoms with Crippen molar-refractivity contribution in [3.63, 3.8) is 0 Å². The van der Waals surface area contributed by atoms with Crippen LogP contribution in [0.25, 0.3) is 11.3 Å². The first kappa shape index (κ1) is 15.2. The molecule has 0 spiro atoms. The van der Waals surface area contributed by atoms with Gasteiger partial charge in [0.25, 0.3) is 0 Å². The lowest BCUT2D eigenvalue weighted by atomic mass is 10.1. The number of ether oxygens (including phenoxy) is 1. The van der Waals surface area contributed by atoms with Crippen molar-refractivity contribution in [3.8, 4) is 11.3 Å². The van der Waals surface area contributed by atoms with E-state index in [-0.39, 0.29) is 0 Å². The van der Waals surface area contributed by atoms with Crippen LogP contribution in [-0.4, -0.2) is 26.1 Å². The molecule has 2 N–H and O–H groups in total. The molecular weight excluding hydrogens is 280 g/mol. The molecule has 0 aliphatic carbocycles. The Kier molecular flexibility index (Phi) is 4.13. The van der Waals surface area contributed by atoms with E-state index >= 15 is 0 Å². The molecule has 0 amide bonds. The smallest absolute Gasteiger partial charge is 0.341 e. The molecule has 0 bridgehead atoms. The minimum atomic E-state index is -1.30. The average molecular weight is 300 g/mol. The number of nitrogens with zero attached hydrogens (tertiary/aromatic N) is 1. The molecule has 2 aromatic rings. The second-order valence-corrected chi connectivity index (χ2v) is 11.1. The number of hydrogen-bond acceptors (Lipinski definition) is 4. The van der Waals surface area contributed by atoms with E-state index in [4.69, 9.17) is 5.73 Å². The Balaban J connectivity index is 2.35. The normalized spacial score (nSPS) is 11.2. The van der Waals surface area contributed by atoms with Crippen LogP contribution < -0.4 is 10.9 Å². The zero-order valence-corrected chi connectivity index (χ0v) is 13.8. The average Bonchev–Trinajstić information content (AvgIpc) is 2.45. The molecule has 110 valence electrons. The van der Waals surface area contributed by atoms with E-state index in [0.29, 0.717) is 11.3 Å². The van der Waals surface area contributed by atoms with Crippen LogP contribution in [0.5, 0.6) is 0 Å². The van der Waals surface area contributed by atoms with Gasteiger partial charge in [-0.25, -0.2) is 4.79 Å². The molecule has 1 aromatic heterocycles. The van der Waals surface area contributed by atoms with E-state index in [1.807, 2.05) is 12.1 Å². The van der Waals surface area contributed by atoms with Gasteiger partial charge in [0.15, 0.2) is 0 Å². The molecule has 0 atom stereocenters. The number of carbonyl (C=O) groups excluding carboxylic acids is 1. The van der Waals surface area contributed by atoms with Gasteiger partial charge in [-0.3, -0.25) is 4.98 Å². The fourth-order valence-electron chi connectivity index (χ4n) is 2.05. The molecule has 5 heteroatoms. The van der Waals surface area contributed by atoms with Crippen molar-refractivity contribution in [1.29, 1.82) is 0 Å². The molecule has 4 nitrogen and oxygen atoms in total. The van der Waals surface area contributed by atoms with Gasteiger partial charge in [0, 0.05) is 17.4 Å². The van der Waals surface area contributed by atoms with E-state index in [2.05, 4.69) is 41.5 Å². The summed E-state index contributed by atoms with van der Waals surface area (Å²) < 4.78 is 4.66. The molecule has 1 aromatic carbocycles. The van der Waals surface area contributed by atoms with Crippen LogP contribution in [0.1, 0.15) is 10.4 Å². The molecule has 0 saturated heterocycles. The summed E-state index contributed by atoms with van der Waals surface area (Å²) in [6.07, 6.45) is 1.46. The first-order chi connectivity index (χ1) is 9.82. The third-order valence-corrected chi connectivity index (χ3v) is 5.45. The second-order valence-electron chi connectivity index (χ2n) is 5.98. The van der Waals surface area contributed by atoms with Crippen molar-refractivity contribution in [2.45, 2.75) is 19.6 Å². The number of nitrogen functional groups attached to an aromatic ring is 1. The number of aromatic nitrogens is 1. The summed E-state index contributed by atoms with van der Waals surface area (Å²) in [5, 5.41) is 1.39. The first-order valence-corrected chi connectivity index (χ1v) is 10.3. The van der Waals surface area contributed by atoms with Crippen molar-refractivity contribution in [3.05, 3.63) is 42.1 Å². The molecule has 0 aliphatic heterocycles. The highest BCUT2D eigenvalue weighted by Crippen LogP contribution is 2.21. The van der Waals surface area contributed by atoms with E-state index in [1.165, 1.54) is 18.5 Å². The van der Waals surface area contributed by atoms with Gasteiger partial charge in [-0.15, -0.1) is 0 Å². The van der Waals surface area contributed by atoms with Crippen LogP contribution in [0.15, 0.2) is 36.5 Å². The summed E-state index contributed by atoms with van der Waals surface area (Å²) in [7, 11) is 0.0210. The lowest BCUT2D eigenvalue weighted by Crippen LogP contribution is -2.37. The minimum absolute atomic E-state index is 0.292. The number of carbonyl (C=O) groups is 1. The zero-order valence-electron chi connectivity index (χ0n) is 12.8. The molecule has 1 heterocycles. The van der Waals surface area contributed by atoms with Crippen LogP contribution in [0.3, 0.4) is 0 Å². The summed E-state index contributed by atoms with van der Waals surface area (Å²) in [5.74, 6) is -0.472. The molecular formula is C16H20N2O2Si. The Morgan fingerprint density at radius 1 is 1.19 bits per heavy atom. The summed E-state index contributed by atoms with van der Waals surface area (Å²) in [6, 6.07) is 10.1. The van der Waals surface area contributed by atoms with Gasteiger partial charge >= 0.3 is 5.97 Å². The van der Waals surface area contributed by atoms with E-state index in [1.54, 1.807) is 6.07 Å². The maximum atomic E-state index is 11.5. The Bertz CT molecular complexity index is 661. The minimum Gasteiger partial charge on any atom is -0.465 e. The highest BCUT2D eigenvalue weighted by molar-refractivity contribution is 6.88. The zero-order chi connectivity index (χ0) is 15.6.